The molecule has 20 heavy (non-hydrogen) atoms. The van der Waals surface area contributed by atoms with Crippen LogP contribution in [0.1, 0.15) is 75.2 Å². The Balaban J connectivity index is 1.91. The van der Waals surface area contributed by atoms with E-state index in [-0.39, 0.29) is 0 Å². The van der Waals surface area contributed by atoms with Gasteiger partial charge in [0.25, 0.3) is 0 Å². The average molecular weight is 277 g/mol. The van der Waals surface area contributed by atoms with Crippen molar-refractivity contribution in [3.63, 3.8) is 0 Å². The highest BCUT2D eigenvalue weighted by molar-refractivity contribution is 5.42. The Bertz CT molecular complexity index is 443. The normalized spacial score (nSPS) is 24.4. The highest BCUT2D eigenvalue weighted by atomic mass is 16.5. The van der Waals surface area contributed by atoms with Gasteiger partial charge in [-0.25, -0.2) is 4.98 Å². The minimum absolute atomic E-state index is 0.405. The molecule has 2 aliphatic rings. The second-order valence-electron chi connectivity index (χ2n) is 6.29. The van der Waals surface area contributed by atoms with Crippen LogP contribution in [0.15, 0.2) is 0 Å². The van der Waals surface area contributed by atoms with Gasteiger partial charge in [-0.1, -0.05) is 19.8 Å². The molecule has 1 unspecified atom stereocenters. The van der Waals surface area contributed by atoms with Crippen molar-refractivity contribution in [3.8, 4) is 0 Å². The number of nitrogens with zero attached hydrogens (tertiary/aromatic N) is 2. The van der Waals surface area contributed by atoms with Crippen LogP contribution in [0.3, 0.4) is 0 Å². The van der Waals surface area contributed by atoms with Crippen LogP contribution in [-0.4, -0.2) is 22.8 Å². The van der Waals surface area contributed by atoms with E-state index in [9.17, 15) is 0 Å². The molecular formula is C16H27N3O. The first kappa shape index (κ1) is 13.9. The standard InChI is InChI=1S/C16H27N3O/c1-2-9-19-15(17)14(13-8-5-10-20-11-13)18-16(19)12-6-3-4-7-12/h12-13H,2-11,17H2,1H3. The Hall–Kier alpha value is -1.03. The number of imidazole rings is 1. The number of anilines is 1. The smallest absolute Gasteiger partial charge is 0.127 e. The first-order valence-electron chi connectivity index (χ1n) is 8.24. The molecule has 4 nitrogen and oxygen atoms in total. The molecule has 2 heterocycles. The Kier molecular flexibility index (Phi) is 4.29. The second kappa shape index (κ2) is 6.17. The van der Waals surface area contributed by atoms with Gasteiger partial charge in [0.1, 0.15) is 11.6 Å². The number of nitrogen functional groups attached to an aromatic ring is 1. The fraction of sp³-hybridized carbons (Fsp3) is 0.812. The van der Waals surface area contributed by atoms with Crippen LogP contribution in [0.2, 0.25) is 0 Å². The van der Waals surface area contributed by atoms with Gasteiger partial charge < -0.3 is 15.0 Å². The number of rotatable bonds is 4. The summed E-state index contributed by atoms with van der Waals surface area (Å²) in [7, 11) is 0. The predicted molar refractivity (Wildman–Crippen MR) is 80.9 cm³/mol. The molecule has 4 heteroatoms. The number of aromatic nitrogens is 2. The fourth-order valence-electron chi connectivity index (χ4n) is 3.71. The Morgan fingerprint density at radius 3 is 2.60 bits per heavy atom. The van der Waals surface area contributed by atoms with Gasteiger partial charge in [0.15, 0.2) is 0 Å². The summed E-state index contributed by atoms with van der Waals surface area (Å²) in [5, 5.41) is 0. The summed E-state index contributed by atoms with van der Waals surface area (Å²) in [6.07, 6.45) is 8.64. The van der Waals surface area contributed by atoms with Gasteiger partial charge in [-0.15, -0.1) is 0 Å². The molecule has 1 saturated carbocycles. The van der Waals surface area contributed by atoms with Gasteiger partial charge in [-0.05, 0) is 32.1 Å². The van der Waals surface area contributed by atoms with Crippen LogP contribution in [0, 0.1) is 0 Å². The lowest BCUT2D eigenvalue weighted by molar-refractivity contribution is 0.0795. The van der Waals surface area contributed by atoms with Crippen molar-refractivity contribution in [3.05, 3.63) is 11.5 Å². The molecule has 1 aliphatic carbocycles. The molecule has 2 N–H and O–H groups in total. The van der Waals surface area contributed by atoms with Crippen LogP contribution >= 0.6 is 0 Å². The minimum Gasteiger partial charge on any atom is -0.384 e. The third-order valence-corrected chi connectivity index (χ3v) is 4.78. The van der Waals surface area contributed by atoms with Gasteiger partial charge >= 0.3 is 0 Å². The van der Waals surface area contributed by atoms with Crippen LogP contribution in [-0.2, 0) is 11.3 Å². The van der Waals surface area contributed by atoms with Gasteiger partial charge in [0.2, 0.25) is 0 Å². The molecule has 0 amide bonds. The topological polar surface area (TPSA) is 53.1 Å². The number of hydrogen-bond donors (Lipinski definition) is 1. The highest BCUT2D eigenvalue weighted by Gasteiger charge is 2.28. The molecule has 1 aromatic heterocycles. The molecular weight excluding hydrogens is 250 g/mol. The summed E-state index contributed by atoms with van der Waals surface area (Å²) in [5.74, 6) is 3.19. The number of nitrogens with two attached hydrogens (primary N) is 1. The Labute approximate surface area is 121 Å². The van der Waals surface area contributed by atoms with Gasteiger partial charge in [-0.3, -0.25) is 0 Å². The molecule has 1 saturated heterocycles. The molecule has 0 aromatic carbocycles. The van der Waals surface area contributed by atoms with E-state index < -0.39 is 0 Å². The summed E-state index contributed by atoms with van der Waals surface area (Å²) < 4.78 is 7.91. The van der Waals surface area contributed by atoms with E-state index >= 15 is 0 Å². The van der Waals surface area contributed by atoms with Crippen molar-refractivity contribution in [1.82, 2.24) is 9.55 Å². The van der Waals surface area contributed by atoms with Crippen molar-refractivity contribution >= 4 is 5.82 Å². The van der Waals surface area contributed by atoms with Crippen molar-refractivity contribution in [2.45, 2.75) is 70.3 Å². The van der Waals surface area contributed by atoms with Gasteiger partial charge in [-0.2, -0.15) is 0 Å². The van der Waals surface area contributed by atoms with Crippen molar-refractivity contribution in [1.29, 1.82) is 0 Å². The summed E-state index contributed by atoms with van der Waals surface area (Å²) >= 11 is 0. The first-order chi connectivity index (χ1) is 9.81. The molecule has 3 rings (SSSR count). The third-order valence-electron chi connectivity index (χ3n) is 4.78. The van der Waals surface area contributed by atoms with E-state index in [2.05, 4.69) is 11.5 Å². The van der Waals surface area contributed by atoms with Crippen LogP contribution in [0.5, 0.6) is 0 Å². The van der Waals surface area contributed by atoms with E-state index in [1.807, 2.05) is 0 Å². The third kappa shape index (κ3) is 2.58. The summed E-state index contributed by atoms with van der Waals surface area (Å²) in [6.45, 7) is 4.89. The number of hydrogen-bond acceptors (Lipinski definition) is 3. The second-order valence-corrected chi connectivity index (χ2v) is 6.29. The Morgan fingerprint density at radius 2 is 1.95 bits per heavy atom. The molecule has 0 spiro atoms. The lowest BCUT2D eigenvalue weighted by atomic mass is 9.98. The molecule has 1 atom stereocenters. The van der Waals surface area contributed by atoms with Crippen molar-refractivity contribution in [2.24, 2.45) is 0 Å². The van der Waals surface area contributed by atoms with E-state index in [1.54, 1.807) is 0 Å². The van der Waals surface area contributed by atoms with E-state index in [0.717, 1.165) is 50.5 Å². The molecule has 1 aliphatic heterocycles. The zero-order valence-electron chi connectivity index (χ0n) is 12.6. The molecule has 1 aromatic rings. The maximum atomic E-state index is 6.43. The maximum Gasteiger partial charge on any atom is 0.127 e. The van der Waals surface area contributed by atoms with Gasteiger partial charge in [0, 0.05) is 25.0 Å². The van der Waals surface area contributed by atoms with E-state index in [0.29, 0.717) is 11.8 Å². The summed E-state index contributed by atoms with van der Waals surface area (Å²) in [5.41, 5.74) is 7.54. The first-order valence-corrected chi connectivity index (χ1v) is 8.24. The zero-order chi connectivity index (χ0) is 13.9. The molecule has 0 radical (unpaired) electrons. The summed E-state index contributed by atoms with van der Waals surface area (Å²) in [6, 6.07) is 0. The molecule has 112 valence electrons. The average Bonchev–Trinajstić information content (AvgIpc) is 3.10. The van der Waals surface area contributed by atoms with E-state index in [4.69, 9.17) is 15.5 Å². The number of ether oxygens (including phenoxy) is 1. The maximum absolute atomic E-state index is 6.43. The monoisotopic (exact) mass is 277 g/mol. The Morgan fingerprint density at radius 1 is 1.20 bits per heavy atom. The van der Waals surface area contributed by atoms with Crippen LogP contribution < -0.4 is 5.73 Å². The fourth-order valence-corrected chi connectivity index (χ4v) is 3.71. The molecule has 0 bridgehead atoms. The van der Waals surface area contributed by atoms with E-state index in [1.165, 1.54) is 31.5 Å². The molecule has 2 fully saturated rings. The largest absolute Gasteiger partial charge is 0.384 e. The summed E-state index contributed by atoms with van der Waals surface area (Å²) in [4.78, 5) is 4.99. The van der Waals surface area contributed by atoms with Crippen molar-refractivity contribution in [2.75, 3.05) is 18.9 Å². The van der Waals surface area contributed by atoms with Crippen LogP contribution in [0.4, 0.5) is 5.82 Å². The quantitative estimate of drug-likeness (QED) is 0.917. The predicted octanol–water partition coefficient (Wildman–Crippen LogP) is 3.43. The lowest BCUT2D eigenvalue weighted by Gasteiger charge is -2.21. The SMILES string of the molecule is CCCn1c(C2CCCC2)nc(C2CCCOC2)c1N. The lowest BCUT2D eigenvalue weighted by Crippen LogP contribution is -2.17. The minimum atomic E-state index is 0.405. The zero-order valence-corrected chi connectivity index (χ0v) is 12.6. The van der Waals surface area contributed by atoms with Gasteiger partial charge in [0.05, 0.1) is 12.3 Å². The highest BCUT2D eigenvalue weighted by Crippen LogP contribution is 2.38. The van der Waals surface area contributed by atoms with Crippen molar-refractivity contribution < 1.29 is 4.74 Å². The van der Waals surface area contributed by atoms with Crippen LogP contribution in [0.25, 0.3) is 0 Å².